The summed E-state index contributed by atoms with van der Waals surface area (Å²) >= 11 is 1.61. The van der Waals surface area contributed by atoms with Crippen molar-refractivity contribution in [3.05, 3.63) is 21.6 Å². The third kappa shape index (κ3) is 3.24. The topological polar surface area (TPSA) is 64.4 Å². The highest BCUT2D eigenvalue weighted by Crippen LogP contribution is 2.34. The summed E-state index contributed by atoms with van der Waals surface area (Å²) in [5.41, 5.74) is 1.95. The van der Waals surface area contributed by atoms with E-state index in [9.17, 15) is 9.59 Å². The number of hydrogen-bond donors (Lipinski definition) is 0. The zero-order chi connectivity index (χ0) is 17.6. The number of carbonyl (C=O) groups excluding carboxylic acids is 1. The lowest BCUT2D eigenvalue weighted by Crippen LogP contribution is -2.48. The molecule has 0 spiro atoms. The van der Waals surface area contributed by atoms with Crippen molar-refractivity contribution in [3.63, 3.8) is 0 Å². The Labute approximate surface area is 151 Å². The Hall–Kier alpha value is -1.34. The van der Waals surface area contributed by atoms with Crippen molar-refractivity contribution in [3.8, 4) is 0 Å². The van der Waals surface area contributed by atoms with Crippen molar-refractivity contribution in [2.24, 2.45) is 0 Å². The van der Waals surface area contributed by atoms with Gasteiger partial charge in [-0.1, -0.05) is 11.8 Å². The molecular weight excluding hydrogens is 338 g/mol. The molecule has 1 aromatic heterocycles. The van der Waals surface area contributed by atoms with E-state index < -0.39 is 0 Å². The zero-order valence-electron chi connectivity index (χ0n) is 14.9. The molecule has 1 aliphatic carbocycles. The largest absolute Gasteiger partial charge is 0.372 e. The van der Waals surface area contributed by atoms with Gasteiger partial charge in [-0.2, -0.15) is 0 Å². The fourth-order valence-electron chi connectivity index (χ4n) is 4.18. The van der Waals surface area contributed by atoms with Crippen LogP contribution in [0.15, 0.2) is 9.95 Å². The molecule has 6 nitrogen and oxygen atoms in total. The number of morpholine rings is 1. The number of hydrogen-bond acceptors (Lipinski definition) is 5. The third-order valence-electron chi connectivity index (χ3n) is 5.30. The molecule has 3 heterocycles. The van der Waals surface area contributed by atoms with Crippen LogP contribution in [0.5, 0.6) is 0 Å². The van der Waals surface area contributed by atoms with Crippen LogP contribution in [-0.4, -0.2) is 51.4 Å². The van der Waals surface area contributed by atoms with Crippen LogP contribution in [0.2, 0.25) is 0 Å². The molecule has 25 heavy (non-hydrogen) atoms. The van der Waals surface area contributed by atoms with Gasteiger partial charge in [0.1, 0.15) is 0 Å². The van der Waals surface area contributed by atoms with Crippen LogP contribution in [0.3, 0.4) is 0 Å². The molecule has 0 aromatic carbocycles. The van der Waals surface area contributed by atoms with Crippen LogP contribution in [-0.2, 0) is 22.4 Å². The molecule has 1 fully saturated rings. The Morgan fingerprint density at radius 1 is 1.24 bits per heavy atom. The summed E-state index contributed by atoms with van der Waals surface area (Å²) in [7, 11) is 0. The van der Waals surface area contributed by atoms with Gasteiger partial charge in [-0.25, -0.2) is 4.98 Å². The van der Waals surface area contributed by atoms with E-state index in [2.05, 4.69) is 0 Å². The van der Waals surface area contributed by atoms with Crippen LogP contribution in [0.4, 0.5) is 0 Å². The van der Waals surface area contributed by atoms with Crippen LogP contribution >= 0.6 is 11.8 Å². The fourth-order valence-corrected chi connectivity index (χ4v) is 5.33. The second-order valence-corrected chi connectivity index (χ2v) is 8.41. The first kappa shape index (κ1) is 17.1. The number of rotatable bonds is 2. The van der Waals surface area contributed by atoms with Crippen molar-refractivity contribution >= 4 is 17.7 Å². The predicted octanol–water partition coefficient (Wildman–Crippen LogP) is 1.79. The molecule has 1 saturated heterocycles. The lowest BCUT2D eigenvalue weighted by molar-refractivity contribution is -0.143. The predicted molar refractivity (Wildman–Crippen MR) is 96.1 cm³/mol. The highest BCUT2D eigenvalue weighted by atomic mass is 32.2. The molecule has 136 valence electrons. The Kier molecular flexibility index (Phi) is 4.62. The van der Waals surface area contributed by atoms with E-state index in [4.69, 9.17) is 9.72 Å². The zero-order valence-corrected chi connectivity index (χ0v) is 15.7. The number of carbonyl (C=O) groups is 1. The number of fused-ring (bicyclic) bond motifs is 2. The first-order valence-electron chi connectivity index (χ1n) is 9.23. The van der Waals surface area contributed by atoms with Gasteiger partial charge in [-0.3, -0.25) is 14.2 Å². The molecule has 2 aliphatic heterocycles. The maximum absolute atomic E-state index is 12.9. The minimum Gasteiger partial charge on any atom is -0.372 e. The van der Waals surface area contributed by atoms with Gasteiger partial charge >= 0.3 is 0 Å². The Balaban J connectivity index is 1.55. The number of aromatic nitrogens is 2. The monoisotopic (exact) mass is 363 g/mol. The number of ether oxygens (including phenoxy) is 1. The molecule has 0 N–H and O–H groups in total. The fraction of sp³-hybridized carbons (Fsp3) is 0.722. The summed E-state index contributed by atoms with van der Waals surface area (Å²) in [6.45, 7) is 5.26. The SMILES string of the molecule is CC1CN(C(=O)CC2CSc3nc4c(c(=O)n32)CCCC4)CC(C)O1. The van der Waals surface area contributed by atoms with E-state index >= 15 is 0 Å². The number of amides is 1. The first-order chi connectivity index (χ1) is 12.0. The summed E-state index contributed by atoms with van der Waals surface area (Å²) in [6, 6.07) is -0.0758. The van der Waals surface area contributed by atoms with Crippen molar-refractivity contribution in [1.82, 2.24) is 14.5 Å². The van der Waals surface area contributed by atoms with Gasteiger partial charge in [-0.15, -0.1) is 0 Å². The highest BCUT2D eigenvalue weighted by molar-refractivity contribution is 7.99. The van der Waals surface area contributed by atoms with Gasteiger partial charge in [0.15, 0.2) is 5.16 Å². The molecule has 3 aliphatic rings. The Bertz CT molecular complexity index is 738. The normalized spacial score (nSPS) is 28.6. The lowest BCUT2D eigenvalue weighted by Gasteiger charge is -2.35. The Morgan fingerprint density at radius 2 is 1.96 bits per heavy atom. The van der Waals surface area contributed by atoms with E-state index in [0.717, 1.165) is 47.8 Å². The van der Waals surface area contributed by atoms with Crippen molar-refractivity contribution in [2.45, 2.75) is 69.4 Å². The molecule has 1 amide bonds. The maximum atomic E-state index is 12.9. The van der Waals surface area contributed by atoms with Crippen molar-refractivity contribution in [1.29, 1.82) is 0 Å². The number of aryl methyl sites for hydroxylation is 1. The summed E-state index contributed by atoms with van der Waals surface area (Å²) in [6.07, 6.45) is 4.41. The summed E-state index contributed by atoms with van der Waals surface area (Å²) < 4.78 is 7.50. The minimum absolute atomic E-state index is 0.0642. The molecule has 0 saturated carbocycles. The number of nitrogens with zero attached hydrogens (tertiary/aromatic N) is 3. The molecular formula is C18H25N3O3S. The second-order valence-electron chi connectivity index (χ2n) is 7.43. The van der Waals surface area contributed by atoms with E-state index in [0.29, 0.717) is 19.5 Å². The van der Waals surface area contributed by atoms with E-state index in [-0.39, 0.29) is 29.7 Å². The van der Waals surface area contributed by atoms with E-state index in [1.807, 2.05) is 18.7 Å². The van der Waals surface area contributed by atoms with Crippen LogP contribution < -0.4 is 5.56 Å². The van der Waals surface area contributed by atoms with Crippen molar-refractivity contribution < 1.29 is 9.53 Å². The average molecular weight is 363 g/mol. The molecule has 3 unspecified atom stereocenters. The maximum Gasteiger partial charge on any atom is 0.257 e. The molecule has 4 rings (SSSR count). The molecule has 0 bridgehead atoms. The van der Waals surface area contributed by atoms with Crippen molar-refractivity contribution in [2.75, 3.05) is 18.8 Å². The second kappa shape index (κ2) is 6.76. The smallest absolute Gasteiger partial charge is 0.257 e. The van der Waals surface area contributed by atoms with E-state index in [1.54, 1.807) is 16.3 Å². The van der Waals surface area contributed by atoms with Crippen LogP contribution in [0, 0.1) is 0 Å². The lowest BCUT2D eigenvalue weighted by atomic mass is 9.97. The Morgan fingerprint density at radius 3 is 2.72 bits per heavy atom. The first-order valence-corrected chi connectivity index (χ1v) is 10.2. The number of thioether (sulfide) groups is 1. The molecule has 1 aromatic rings. The van der Waals surface area contributed by atoms with Gasteiger partial charge in [0.05, 0.1) is 23.9 Å². The average Bonchev–Trinajstić information content (AvgIpc) is 2.97. The molecule has 7 heteroatoms. The van der Waals surface area contributed by atoms with Gasteiger partial charge in [0, 0.05) is 30.8 Å². The standard InChI is InChI=1S/C18H25N3O3S/c1-11-8-20(9-12(2)24-11)16(22)7-13-10-25-18-19-15-6-4-3-5-14(15)17(23)21(13)18/h11-13H,3-10H2,1-2H3. The quantitative estimate of drug-likeness (QED) is 0.750. The van der Waals surface area contributed by atoms with Crippen LogP contribution in [0.25, 0.3) is 0 Å². The van der Waals surface area contributed by atoms with Gasteiger partial charge < -0.3 is 9.64 Å². The van der Waals surface area contributed by atoms with Gasteiger partial charge in [0.2, 0.25) is 5.91 Å². The highest BCUT2D eigenvalue weighted by Gasteiger charge is 2.33. The molecule has 3 atom stereocenters. The van der Waals surface area contributed by atoms with Gasteiger partial charge in [0.25, 0.3) is 5.56 Å². The summed E-state index contributed by atoms with van der Waals surface area (Å²) in [5.74, 6) is 0.872. The van der Waals surface area contributed by atoms with E-state index in [1.165, 1.54) is 0 Å². The summed E-state index contributed by atoms with van der Waals surface area (Å²) in [4.78, 5) is 32.3. The third-order valence-corrected chi connectivity index (χ3v) is 6.40. The molecule has 0 radical (unpaired) electrons. The van der Waals surface area contributed by atoms with Gasteiger partial charge in [-0.05, 0) is 39.5 Å². The van der Waals surface area contributed by atoms with Crippen LogP contribution in [0.1, 0.15) is 50.4 Å². The minimum atomic E-state index is -0.0758. The summed E-state index contributed by atoms with van der Waals surface area (Å²) in [5, 5.41) is 0.798.